The van der Waals surface area contributed by atoms with Gasteiger partial charge in [0.15, 0.2) is 0 Å². The third-order valence-corrected chi connectivity index (χ3v) is 4.05. The Hall–Kier alpha value is -2.44. The van der Waals surface area contributed by atoms with Crippen LogP contribution in [0.5, 0.6) is 23.0 Å². The normalized spacial score (nSPS) is 21.7. The molecule has 6 nitrogen and oxygen atoms in total. The van der Waals surface area contributed by atoms with E-state index in [4.69, 9.17) is 29.2 Å². The summed E-state index contributed by atoms with van der Waals surface area (Å²) < 4.78 is 21.5. The minimum absolute atomic E-state index is 0.171. The van der Waals surface area contributed by atoms with E-state index in [1.54, 1.807) is 48.5 Å². The van der Waals surface area contributed by atoms with E-state index in [-0.39, 0.29) is 23.7 Å². The van der Waals surface area contributed by atoms with Gasteiger partial charge in [-0.15, -0.1) is 0 Å². The maximum atomic E-state index is 9.04. The lowest BCUT2D eigenvalue weighted by atomic mass is 10.3. The average Bonchev–Trinajstić information content (AvgIpc) is 3.34. The van der Waals surface area contributed by atoms with Gasteiger partial charge >= 0.3 is 0 Å². The van der Waals surface area contributed by atoms with Crippen molar-refractivity contribution >= 4 is 0 Å². The van der Waals surface area contributed by atoms with Gasteiger partial charge in [-0.05, 0) is 48.5 Å². The first-order valence-corrected chi connectivity index (χ1v) is 8.76. The van der Waals surface area contributed by atoms with E-state index in [1.165, 1.54) is 0 Å². The summed E-state index contributed by atoms with van der Waals surface area (Å²) in [5, 5.41) is 18.1. The highest BCUT2D eigenvalue weighted by Gasteiger charge is 2.17. The highest BCUT2D eigenvalue weighted by atomic mass is 16.5. The van der Waals surface area contributed by atoms with Crippen molar-refractivity contribution in [1.29, 1.82) is 0 Å². The summed E-state index contributed by atoms with van der Waals surface area (Å²) >= 11 is 0. The van der Waals surface area contributed by atoms with E-state index in [2.05, 4.69) is 0 Å². The minimum Gasteiger partial charge on any atom is -0.508 e. The highest BCUT2D eigenvalue weighted by Crippen LogP contribution is 2.20. The van der Waals surface area contributed by atoms with Crippen LogP contribution in [0.2, 0.25) is 0 Å². The standard InChI is InChI=1S/2C10H12O3/c2*11-8-1-3-9(4-2-8)13-10-5-6-12-7-10/h2*1-4,10-11H,5-7H2/t2*10-/m10/s1. The van der Waals surface area contributed by atoms with Gasteiger partial charge in [0, 0.05) is 12.8 Å². The molecule has 0 unspecified atom stereocenters. The van der Waals surface area contributed by atoms with Crippen molar-refractivity contribution in [3.05, 3.63) is 48.5 Å². The summed E-state index contributed by atoms with van der Waals surface area (Å²) in [6.45, 7) is 2.90. The number of benzene rings is 2. The molecule has 0 bridgehead atoms. The molecule has 0 radical (unpaired) electrons. The third-order valence-electron chi connectivity index (χ3n) is 4.05. The maximum absolute atomic E-state index is 9.04. The molecule has 2 aromatic carbocycles. The first-order valence-electron chi connectivity index (χ1n) is 8.76. The first-order chi connectivity index (χ1) is 12.7. The maximum Gasteiger partial charge on any atom is 0.124 e. The summed E-state index contributed by atoms with van der Waals surface area (Å²) in [7, 11) is 0. The molecule has 0 saturated carbocycles. The number of hydrogen-bond donors (Lipinski definition) is 2. The Morgan fingerprint density at radius 3 is 1.35 bits per heavy atom. The second-order valence-electron chi connectivity index (χ2n) is 6.19. The fourth-order valence-corrected chi connectivity index (χ4v) is 2.65. The third kappa shape index (κ3) is 5.82. The van der Waals surface area contributed by atoms with Gasteiger partial charge in [-0.3, -0.25) is 0 Å². The molecular weight excluding hydrogens is 336 g/mol. The Balaban J connectivity index is 0.000000151. The summed E-state index contributed by atoms with van der Waals surface area (Å²) in [5.74, 6) is 2.09. The van der Waals surface area contributed by atoms with Crippen LogP contribution in [0.15, 0.2) is 48.5 Å². The van der Waals surface area contributed by atoms with Crippen molar-refractivity contribution in [3.63, 3.8) is 0 Å². The largest absolute Gasteiger partial charge is 0.508 e. The molecular formula is C20H24O6. The van der Waals surface area contributed by atoms with Crippen LogP contribution in [0.1, 0.15) is 12.8 Å². The average molecular weight is 360 g/mol. The van der Waals surface area contributed by atoms with E-state index >= 15 is 0 Å². The molecule has 2 saturated heterocycles. The van der Waals surface area contributed by atoms with E-state index < -0.39 is 0 Å². The van der Waals surface area contributed by atoms with Crippen molar-refractivity contribution in [2.45, 2.75) is 25.0 Å². The predicted molar refractivity (Wildman–Crippen MR) is 95.9 cm³/mol. The van der Waals surface area contributed by atoms with Gasteiger partial charge in [-0.1, -0.05) is 0 Å². The Kier molecular flexibility index (Phi) is 6.57. The molecule has 2 heterocycles. The predicted octanol–water partition coefficient (Wildman–Crippen LogP) is 3.12. The van der Waals surface area contributed by atoms with Crippen LogP contribution in [0, 0.1) is 0 Å². The van der Waals surface area contributed by atoms with Crippen LogP contribution in [-0.2, 0) is 9.47 Å². The molecule has 4 rings (SSSR count). The van der Waals surface area contributed by atoms with Crippen LogP contribution in [0.4, 0.5) is 0 Å². The smallest absolute Gasteiger partial charge is 0.124 e. The first kappa shape index (κ1) is 18.4. The van der Waals surface area contributed by atoms with Crippen LogP contribution in [0.3, 0.4) is 0 Å². The number of aromatic hydroxyl groups is 2. The van der Waals surface area contributed by atoms with Gasteiger partial charge in [0.05, 0.1) is 26.4 Å². The van der Waals surface area contributed by atoms with Crippen LogP contribution < -0.4 is 9.47 Å². The molecule has 2 fully saturated rings. The molecule has 6 heteroatoms. The summed E-state index contributed by atoms with van der Waals surface area (Å²) in [6.07, 6.45) is 2.23. The monoisotopic (exact) mass is 360 g/mol. The van der Waals surface area contributed by atoms with E-state index in [0.717, 1.165) is 37.6 Å². The number of ether oxygens (including phenoxy) is 4. The lowest BCUT2D eigenvalue weighted by Gasteiger charge is -2.11. The molecule has 2 N–H and O–H groups in total. The van der Waals surface area contributed by atoms with Gasteiger partial charge in [0.2, 0.25) is 0 Å². The number of phenolic OH excluding ortho intramolecular Hbond substituents is 2. The van der Waals surface area contributed by atoms with Gasteiger partial charge in [0.25, 0.3) is 0 Å². The SMILES string of the molecule is Oc1ccc(O[C@@H]2CCOC2)cc1.Oc1ccc(O[C@H]2CCOC2)cc1. The summed E-state index contributed by atoms with van der Waals surface area (Å²) in [4.78, 5) is 0. The van der Waals surface area contributed by atoms with Crippen molar-refractivity contribution < 1.29 is 29.2 Å². The van der Waals surface area contributed by atoms with Gasteiger partial charge < -0.3 is 29.2 Å². The van der Waals surface area contributed by atoms with Crippen LogP contribution in [-0.4, -0.2) is 48.8 Å². The van der Waals surface area contributed by atoms with Crippen LogP contribution in [0.25, 0.3) is 0 Å². The summed E-state index contributed by atoms with van der Waals surface area (Å²) in [5.41, 5.74) is 0. The topological polar surface area (TPSA) is 77.4 Å². The molecule has 26 heavy (non-hydrogen) atoms. The van der Waals surface area contributed by atoms with E-state index in [0.29, 0.717) is 13.2 Å². The molecule has 2 atom stereocenters. The molecule has 2 aliphatic heterocycles. The Bertz CT molecular complexity index is 584. The van der Waals surface area contributed by atoms with Gasteiger partial charge in [-0.2, -0.15) is 0 Å². The van der Waals surface area contributed by atoms with Gasteiger partial charge in [0.1, 0.15) is 35.2 Å². The Morgan fingerprint density at radius 1 is 0.654 bits per heavy atom. The fraction of sp³-hybridized carbons (Fsp3) is 0.400. The lowest BCUT2D eigenvalue weighted by Crippen LogP contribution is -2.15. The lowest BCUT2D eigenvalue weighted by molar-refractivity contribution is 0.141. The molecule has 0 amide bonds. The molecule has 2 aliphatic rings. The van der Waals surface area contributed by atoms with Crippen molar-refractivity contribution in [1.82, 2.24) is 0 Å². The van der Waals surface area contributed by atoms with E-state index in [1.807, 2.05) is 0 Å². The number of phenols is 2. The zero-order valence-electron chi connectivity index (χ0n) is 14.5. The molecule has 0 aromatic heterocycles. The molecule has 2 aromatic rings. The number of rotatable bonds is 4. The Morgan fingerprint density at radius 2 is 1.04 bits per heavy atom. The quantitative estimate of drug-likeness (QED) is 0.872. The molecule has 0 aliphatic carbocycles. The summed E-state index contributed by atoms with van der Waals surface area (Å²) in [6, 6.07) is 13.5. The van der Waals surface area contributed by atoms with Crippen molar-refractivity contribution in [2.75, 3.05) is 26.4 Å². The minimum atomic E-state index is 0.171. The second kappa shape index (κ2) is 9.31. The highest BCUT2D eigenvalue weighted by molar-refractivity contribution is 5.31. The second-order valence-corrected chi connectivity index (χ2v) is 6.19. The zero-order chi connectivity index (χ0) is 18.2. The van der Waals surface area contributed by atoms with Crippen molar-refractivity contribution in [2.24, 2.45) is 0 Å². The zero-order valence-corrected chi connectivity index (χ0v) is 14.5. The fourth-order valence-electron chi connectivity index (χ4n) is 2.65. The van der Waals surface area contributed by atoms with E-state index in [9.17, 15) is 0 Å². The Labute approximate surface area is 152 Å². The molecule has 0 spiro atoms. The van der Waals surface area contributed by atoms with Crippen LogP contribution >= 0.6 is 0 Å². The molecule has 140 valence electrons. The number of hydrogen-bond acceptors (Lipinski definition) is 6. The van der Waals surface area contributed by atoms with Crippen molar-refractivity contribution in [3.8, 4) is 23.0 Å². The van der Waals surface area contributed by atoms with Gasteiger partial charge in [-0.25, -0.2) is 0 Å².